The highest BCUT2D eigenvalue weighted by Crippen LogP contribution is 2.28. The van der Waals surface area contributed by atoms with Crippen molar-refractivity contribution < 1.29 is 22.7 Å². The Morgan fingerprint density at radius 2 is 1.85 bits per heavy atom. The molecule has 1 amide bonds. The van der Waals surface area contributed by atoms with Gasteiger partial charge in [0.05, 0.1) is 31.7 Å². The number of rotatable bonds is 5. The Morgan fingerprint density at radius 3 is 2.52 bits per heavy atom. The molecule has 0 bridgehead atoms. The van der Waals surface area contributed by atoms with E-state index in [1.807, 2.05) is 24.3 Å². The van der Waals surface area contributed by atoms with Gasteiger partial charge in [0.15, 0.2) is 9.84 Å². The average molecular weight is 390 g/mol. The first-order valence-electron chi connectivity index (χ1n) is 8.51. The van der Waals surface area contributed by atoms with Gasteiger partial charge in [-0.25, -0.2) is 8.42 Å². The van der Waals surface area contributed by atoms with E-state index < -0.39 is 9.84 Å². The average Bonchev–Trinajstić information content (AvgIpc) is 2.68. The van der Waals surface area contributed by atoms with Crippen molar-refractivity contribution in [3.05, 3.63) is 48.0 Å². The molecule has 0 saturated carbocycles. The molecule has 144 valence electrons. The zero-order chi connectivity index (χ0) is 19.4. The van der Waals surface area contributed by atoms with Crippen LogP contribution in [0.15, 0.2) is 47.4 Å². The van der Waals surface area contributed by atoms with Gasteiger partial charge in [0.25, 0.3) is 5.91 Å². The monoisotopic (exact) mass is 390 g/mol. The topological polar surface area (TPSA) is 84.9 Å². The first-order chi connectivity index (χ1) is 12.9. The lowest BCUT2D eigenvalue weighted by Crippen LogP contribution is -2.36. The summed E-state index contributed by atoms with van der Waals surface area (Å²) in [4.78, 5) is 14.9. The van der Waals surface area contributed by atoms with Gasteiger partial charge in [-0.2, -0.15) is 0 Å². The molecule has 1 saturated heterocycles. The Morgan fingerprint density at radius 1 is 1.15 bits per heavy atom. The molecule has 0 atom stereocenters. The second-order valence-corrected chi connectivity index (χ2v) is 8.19. The number of methoxy groups -OCH3 is 1. The molecule has 7 nitrogen and oxygen atoms in total. The first-order valence-corrected chi connectivity index (χ1v) is 10.4. The van der Waals surface area contributed by atoms with Crippen LogP contribution in [0, 0.1) is 0 Å². The Balaban J connectivity index is 1.88. The van der Waals surface area contributed by atoms with Crippen LogP contribution in [0.4, 0.5) is 11.4 Å². The number of benzene rings is 2. The molecule has 1 heterocycles. The maximum Gasteiger partial charge on any atom is 0.255 e. The SMILES string of the molecule is COc1ccc(C(=O)Nc2ccccc2N2CCOCC2)cc1S(C)(=O)=O. The molecule has 0 radical (unpaired) electrons. The zero-order valence-corrected chi connectivity index (χ0v) is 16.1. The Hall–Kier alpha value is -2.58. The van der Waals surface area contributed by atoms with E-state index >= 15 is 0 Å². The summed E-state index contributed by atoms with van der Waals surface area (Å²) in [5.41, 5.74) is 1.82. The summed E-state index contributed by atoms with van der Waals surface area (Å²) in [6, 6.07) is 11.9. The van der Waals surface area contributed by atoms with Crippen LogP contribution in [0.5, 0.6) is 5.75 Å². The molecule has 0 aliphatic carbocycles. The first kappa shape index (κ1) is 19.2. The second-order valence-electron chi connectivity index (χ2n) is 6.21. The summed E-state index contributed by atoms with van der Waals surface area (Å²) in [6.07, 6.45) is 1.08. The Bertz CT molecular complexity index is 937. The van der Waals surface area contributed by atoms with Crippen LogP contribution in [0.1, 0.15) is 10.4 Å². The van der Waals surface area contributed by atoms with Crippen LogP contribution in [0.3, 0.4) is 0 Å². The number of para-hydroxylation sites is 2. The quantitative estimate of drug-likeness (QED) is 0.842. The number of nitrogens with zero attached hydrogens (tertiary/aromatic N) is 1. The summed E-state index contributed by atoms with van der Waals surface area (Å²) in [6.45, 7) is 2.76. The summed E-state index contributed by atoms with van der Waals surface area (Å²) in [7, 11) is -2.14. The van der Waals surface area contributed by atoms with Gasteiger partial charge in [-0.15, -0.1) is 0 Å². The minimum absolute atomic E-state index is 0.0147. The second kappa shape index (κ2) is 7.98. The van der Waals surface area contributed by atoms with E-state index in [0.717, 1.165) is 25.0 Å². The number of nitrogens with one attached hydrogen (secondary N) is 1. The van der Waals surface area contributed by atoms with Gasteiger partial charge in [-0.05, 0) is 30.3 Å². The lowest BCUT2D eigenvalue weighted by atomic mass is 10.1. The van der Waals surface area contributed by atoms with Crippen LogP contribution in [0.2, 0.25) is 0 Å². The Labute approximate surface area is 158 Å². The van der Waals surface area contributed by atoms with E-state index in [9.17, 15) is 13.2 Å². The molecule has 3 rings (SSSR count). The van der Waals surface area contributed by atoms with E-state index in [1.54, 1.807) is 6.07 Å². The largest absolute Gasteiger partial charge is 0.495 e. The standard InChI is InChI=1S/C19H22N2O5S/c1-25-17-8-7-14(13-18(17)27(2,23)24)19(22)20-15-5-3-4-6-16(15)21-9-11-26-12-10-21/h3-8,13H,9-12H2,1-2H3,(H,20,22). The number of hydrogen-bond acceptors (Lipinski definition) is 6. The molecule has 27 heavy (non-hydrogen) atoms. The molecule has 1 fully saturated rings. The molecule has 2 aromatic rings. The predicted octanol–water partition coefficient (Wildman–Crippen LogP) is 2.19. The van der Waals surface area contributed by atoms with Crippen molar-refractivity contribution in [3.8, 4) is 5.75 Å². The van der Waals surface area contributed by atoms with Crippen LogP contribution in [-0.2, 0) is 14.6 Å². The van der Waals surface area contributed by atoms with Gasteiger partial charge in [-0.3, -0.25) is 4.79 Å². The molecule has 0 aromatic heterocycles. The van der Waals surface area contributed by atoms with Crippen LogP contribution in [-0.4, -0.2) is 54.0 Å². The van der Waals surface area contributed by atoms with Crippen molar-refractivity contribution in [2.24, 2.45) is 0 Å². The number of carbonyl (C=O) groups excluding carboxylic acids is 1. The highest BCUT2D eigenvalue weighted by molar-refractivity contribution is 7.90. The normalized spacial score (nSPS) is 14.7. The van der Waals surface area contributed by atoms with E-state index in [-0.39, 0.29) is 22.1 Å². The van der Waals surface area contributed by atoms with Gasteiger partial charge >= 0.3 is 0 Å². The summed E-state index contributed by atoms with van der Waals surface area (Å²) >= 11 is 0. The molecule has 1 N–H and O–H groups in total. The van der Waals surface area contributed by atoms with Crippen molar-refractivity contribution in [2.45, 2.75) is 4.90 Å². The summed E-state index contributed by atoms with van der Waals surface area (Å²) in [5, 5.41) is 2.88. The lowest BCUT2D eigenvalue weighted by molar-refractivity contribution is 0.102. The van der Waals surface area contributed by atoms with Crippen molar-refractivity contribution in [1.29, 1.82) is 0 Å². The molecular weight excluding hydrogens is 368 g/mol. The minimum Gasteiger partial charge on any atom is -0.495 e. The van der Waals surface area contributed by atoms with E-state index in [4.69, 9.17) is 9.47 Å². The molecule has 2 aromatic carbocycles. The van der Waals surface area contributed by atoms with Crippen molar-refractivity contribution >= 4 is 27.1 Å². The summed E-state index contributed by atoms with van der Waals surface area (Å²) < 4.78 is 34.4. The van der Waals surface area contributed by atoms with Crippen molar-refractivity contribution in [3.63, 3.8) is 0 Å². The fourth-order valence-corrected chi connectivity index (χ4v) is 3.82. The molecule has 0 spiro atoms. The third-order valence-electron chi connectivity index (χ3n) is 4.33. The van der Waals surface area contributed by atoms with Gasteiger partial charge in [0, 0.05) is 24.9 Å². The van der Waals surface area contributed by atoms with E-state index in [0.29, 0.717) is 18.9 Å². The van der Waals surface area contributed by atoms with Crippen LogP contribution >= 0.6 is 0 Å². The molecule has 1 aliphatic heterocycles. The fraction of sp³-hybridized carbons (Fsp3) is 0.316. The Kier molecular flexibility index (Phi) is 5.67. The van der Waals surface area contributed by atoms with Crippen LogP contribution in [0.25, 0.3) is 0 Å². The zero-order valence-electron chi connectivity index (χ0n) is 15.3. The fourth-order valence-electron chi connectivity index (χ4n) is 2.96. The molecule has 8 heteroatoms. The maximum absolute atomic E-state index is 12.7. The number of carbonyl (C=O) groups is 1. The number of morpholine rings is 1. The number of anilines is 2. The van der Waals surface area contributed by atoms with E-state index in [2.05, 4.69) is 10.2 Å². The number of ether oxygens (including phenoxy) is 2. The minimum atomic E-state index is -3.53. The number of hydrogen-bond donors (Lipinski definition) is 1. The number of sulfone groups is 1. The molecule has 0 unspecified atom stereocenters. The van der Waals surface area contributed by atoms with Crippen molar-refractivity contribution in [2.75, 3.05) is 49.9 Å². The highest BCUT2D eigenvalue weighted by atomic mass is 32.2. The van der Waals surface area contributed by atoms with Gasteiger partial charge in [-0.1, -0.05) is 12.1 Å². The van der Waals surface area contributed by atoms with Crippen LogP contribution < -0.4 is 15.0 Å². The van der Waals surface area contributed by atoms with Crippen molar-refractivity contribution in [1.82, 2.24) is 0 Å². The number of amides is 1. The molecule has 1 aliphatic rings. The maximum atomic E-state index is 12.7. The van der Waals surface area contributed by atoms with Gasteiger partial charge in [0.1, 0.15) is 10.6 Å². The third kappa shape index (κ3) is 4.40. The summed E-state index contributed by atoms with van der Waals surface area (Å²) in [5.74, 6) is -0.175. The lowest BCUT2D eigenvalue weighted by Gasteiger charge is -2.30. The third-order valence-corrected chi connectivity index (χ3v) is 5.45. The molecular formula is C19H22N2O5S. The van der Waals surface area contributed by atoms with E-state index in [1.165, 1.54) is 19.2 Å². The highest BCUT2D eigenvalue weighted by Gasteiger charge is 2.19. The van der Waals surface area contributed by atoms with Gasteiger partial charge < -0.3 is 19.7 Å². The predicted molar refractivity (Wildman–Crippen MR) is 104 cm³/mol. The smallest absolute Gasteiger partial charge is 0.255 e. The van der Waals surface area contributed by atoms with Gasteiger partial charge in [0.2, 0.25) is 0 Å².